The molecule has 9 N–H and O–H groups in total. The lowest BCUT2D eigenvalue weighted by Crippen LogP contribution is -2.30. The molecule has 21 heavy (non-hydrogen) atoms. The molecule has 3 atom stereocenters. The highest BCUT2D eigenvalue weighted by Gasteiger charge is 2.08. The molecule has 9 nitrogen and oxygen atoms in total. The number of carboxylic acid groups (broad SMARTS) is 3. The Balaban J connectivity index is -0.000000240. The van der Waals surface area contributed by atoms with Crippen LogP contribution >= 0.6 is 11.8 Å². The summed E-state index contributed by atoms with van der Waals surface area (Å²) in [5.41, 5.74) is 14.9. The van der Waals surface area contributed by atoms with Crippen molar-refractivity contribution in [2.45, 2.75) is 38.4 Å². The van der Waals surface area contributed by atoms with Gasteiger partial charge in [-0.15, -0.1) is 0 Å². The van der Waals surface area contributed by atoms with Crippen molar-refractivity contribution in [2.24, 2.45) is 17.2 Å². The van der Waals surface area contributed by atoms with Crippen LogP contribution < -0.4 is 17.2 Å². The monoisotopic (exact) mass is 327 g/mol. The molecule has 0 aromatic carbocycles. The molecule has 0 fully saturated rings. The largest absolute Gasteiger partial charge is 0.480 e. The molecule has 0 saturated carbocycles. The summed E-state index contributed by atoms with van der Waals surface area (Å²) >= 11 is 1.60. The third kappa shape index (κ3) is 24.1. The topological polar surface area (TPSA) is 190 Å². The van der Waals surface area contributed by atoms with Crippen LogP contribution in [-0.2, 0) is 14.4 Å². The van der Waals surface area contributed by atoms with Crippen LogP contribution in [0.25, 0.3) is 0 Å². The fourth-order valence-corrected chi connectivity index (χ4v) is 0.858. The Morgan fingerprint density at radius 2 is 1.19 bits per heavy atom. The number of carbonyl (C=O) groups is 3. The van der Waals surface area contributed by atoms with Crippen molar-refractivity contribution in [1.82, 2.24) is 0 Å². The SMILES string of the molecule is CC(N)C(=O)O.CC(N)C(=O)O.CSCCC(N)C(=O)O. The standard InChI is InChI=1S/C5H11NO2S.2C3H7NO2/c1-9-3-2-4(6)5(7)8;2*1-2(4)3(5)6/h4H,2-3,6H2,1H3,(H,7,8);2*2H,4H2,1H3,(H,5,6). The van der Waals surface area contributed by atoms with E-state index in [9.17, 15) is 14.4 Å². The summed E-state index contributed by atoms with van der Waals surface area (Å²) in [5, 5.41) is 24.0. The van der Waals surface area contributed by atoms with E-state index in [0.717, 1.165) is 5.75 Å². The molecule has 0 aromatic rings. The molecule has 0 radical (unpaired) electrons. The fraction of sp³-hybridized carbons (Fsp3) is 0.727. The summed E-state index contributed by atoms with van der Waals surface area (Å²) in [5.74, 6) is -2.03. The molecule has 0 saturated heterocycles. The molecule has 0 aromatic heterocycles. The molecule has 0 rings (SSSR count). The zero-order chi connectivity index (χ0) is 17.6. The van der Waals surface area contributed by atoms with Gasteiger partial charge in [0.2, 0.25) is 0 Å². The van der Waals surface area contributed by atoms with Crippen LogP contribution in [-0.4, -0.2) is 63.4 Å². The summed E-state index contributed by atoms with van der Waals surface area (Å²) in [4.78, 5) is 29.2. The van der Waals surface area contributed by atoms with Gasteiger partial charge in [0.1, 0.15) is 18.1 Å². The van der Waals surface area contributed by atoms with Crippen LogP contribution in [0.15, 0.2) is 0 Å². The highest BCUT2D eigenvalue weighted by molar-refractivity contribution is 7.98. The number of carboxylic acids is 3. The Hall–Kier alpha value is -1.36. The van der Waals surface area contributed by atoms with Crippen LogP contribution in [0.4, 0.5) is 0 Å². The number of thioether (sulfide) groups is 1. The second kappa shape index (κ2) is 15.0. The van der Waals surface area contributed by atoms with Crippen molar-refractivity contribution in [3.8, 4) is 0 Å². The summed E-state index contributed by atoms with van der Waals surface area (Å²) < 4.78 is 0. The highest BCUT2D eigenvalue weighted by Crippen LogP contribution is 1.97. The third-order valence-corrected chi connectivity index (χ3v) is 2.37. The lowest BCUT2D eigenvalue weighted by atomic mass is 10.2. The van der Waals surface area contributed by atoms with Crippen molar-refractivity contribution < 1.29 is 29.7 Å². The average Bonchev–Trinajstić information content (AvgIpc) is 2.36. The number of hydrogen-bond donors (Lipinski definition) is 6. The minimum absolute atomic E-state index is 0.552. The smallest absolute Gasteiger partial charge is 0.320 e. The van der Waals surface area contributed by atoms with E-state index in [-0.39, 0.29) is 0 Å². The second-order valence-electron chi connectivity index (χ2n) is 3.98. The number of aliphatic carboxylic acids is 3. The summed E-state index contributed by atoms with van der Waals surface area (Å²) in [6.07, 6.45) is 2.48. The van der Waals surface area contributed by atoms with Gasteiger partial charge < -0.3 is 32.5 Å². The van der Waals surface area contributed by atoms with E-state index in [1.165, 1.54) is 13.8 Å². The first kappa shape index (κ1) is 24.6. The molecular formula is C11H25N3O6S. The van der Waals surface area contributed by atoms with Crippen LogP contribution in [0.5, 0.6) is 0 Å². The molecule has 0 aliphatic rings. The summed E-state index contributed by atoms with van der Waals surface area (Å²) in [6, 6.07) is -2.15. The van der Waals surface area contributed by atoms with Crippen molar-refractivity contribution in [2.75, 3.05) is 12.0 Å². The first-order valence-electron chi connectivity index (χ1n) is 5.91. The maximum atomic E-state index is 10.1. The lowest BCUT2D eigenvalue weighted by Gasteiger charge is -2.02. The van der Waals surface area contributed by atoms with Crippen LogP contribution in [0, 0.1) is 0 Å². The maximum Gasteiger partial charge on any atom is 0.320 e. The molecule has 3 unspecified atom stereocenters. The highest BCUT2D eigenvalue weighted by atomic mass is 32.2. The zero-order valence-electron chi connectivity index (χ0n) is 12.4. The van der Waals surface area contributed by atoms with E-state index in [2.05, 4.69) is 0 Å². The van der Waals surface area contributed by atoms with Gasteiger partial charge in [-0.2, -0.15) is 11.8 Å². The predicted molar refractivity (Wildman–Crippen MR) is 81.2 cm³/mol. The van der Waals surface area contributed by atoms with Gasteiger partial charge in [0.05, 0.1) is 0 Å². The van der Waals surface area contributed by atoms with Gasteiger partial charge in [-0.25, -0.2) is 0 Å². The zero-order valence-corrected chi connectivity index (χ0v) is 13.2. The Labute approximate surface area is 127 Å². The van der Waals surface area contributed by atoms with Gasteiger partial charge in [0.25, 0.3) is 0 Å². The molecular weight excluding hydrogens is 302 g/mol. The first-order chi connectivity index (χ1) is 9.47. The Morgan fingerprint density at radius 3 is 1.33 bits per heavy atom. The normalized spacial score (nSPS) is 13.4. The molecule has 0 heterocycles. The van der Waals surface area contributed by atoms with Crippen LogP contribution in [0.1, 0.15) is 20.3 Å². The van der Waals surface area contributed by atoms with E-state index < -0.39 is 36.0 Å². The molecule has 0 aliphatic heterocycles. The van der Waals surface area contributed by atoms with Crippen LogP contribution in [0.2, 0.25) is 0 Å². The summed E-state index contributed by atoms with van der Waals surface area (Å²) in [7, 11) is 0. The quantitative estimate of drug-likeness (QED) is 0.352. The minimum atomic E-state index is -0.963. The van der Waals surface area contributed by atoms with Gasteiger partial charge in [0.15, 0.2) is 0 Å². The lowest BCUT2D eigenvalue weighted by molar-refractivity contribution is -0.139. The molecule has 0 spiro atoms. The van der Waals surface area contributed by atoms with E-state index in [1.54, 1.807) is 11.8 Å². The number of rotatable bonds is 6. The fourth-order valence-electron chi connectivity index (χ4n) is 0.368. The minimum Gasteiger partial charge on any atom is -0.480 e. The first-order valence-corrected chi connectivity index (χ1v) is 7.30. The van der Waals surface area contributed by atoms with E-state index in [0.29, 0.717) is 6.42 Å². The van der Waals surface area contributed by atoms with Crippen molar-refractivity contribution in [3.05, 3.63) is 0 Å². The maximum absolute atomic E-state index is 10.1. The van der Waals surface area contributed by atoms with Gasteiger partial charge in [-0.3, -0.25) is 14.4 Å². The van der Waals surface area contributed by atoms with Crippen molar-refractivity contribution in [3.63, 3.8) is 0 Å². The molecule has 126 valence electrons. The predicted octanol–water partition coefficient (Wildman–Crippen LogP) is -1.01. The number of nitrogens with two attached hydrogens (primary N) is 3. The van der Waals surface area contributed by atoms with Gasteiger partial charge in [-0.1, -0.05) is 0 Å². The number of hydrogen-bond acceptors (Lipinski definition) is 7. The van der Waals surface area contributed by atoms with Gasteiger partial charge >= 0.3 is 17.9 Å². The molecule has 0 amide bonds. The third-order valence-electron chi connectivity index (χ3n) is 1.73. The van der Waals surface area contributed by atoms with Crippen molar-refractivity contribution in [1.29, 1.82) is 0 Å². The Kier molecular flexibility index (Phi) is 17.6. The van der Waals surface area contributed by atoms with Crippen LogP contribution in [0.3, 0.4) is 0 Å². The van der Waals surface area contributed by atoms with E-state index in [1.807, 2.05) is 6.26 Å². The van der Waals surface area contributed by atoms with Gasteiger partial charge in [-0.05, 0) is 32.3 Å². The molecule has 10 heteroatoms. The van der Waals surface area contributed by atoms with E-state index in [4.69, 9.17) is 32.5 Å². The average molecular weight is 327 g/mol. The molecule has 0 bridgehead atoms. The van der Waals surface area contributed by atoms with E-state index >= 15 is 0 Å². The second-order valence-corrected chi connectivity index (χ2v) is 4.97. The summed E-state index contributed by atoms with van der Waals surface area (Å²) in [6.45, 7) is 2.84. The van der Waals surface area contributed by atoms with Crippen molar-refractivity contribution >= 4 is 29.7 Å². The Bertz CT molecular complexity index is 294. The van der Waals surface area contributed by atoms with Gasteiger partial charge in [0, 0.05) is 0 Å². The Morgan fingerprint density at radius 1 is 0.905 bits per heavy atom. The molecule has 0 aliphatic carbocycles.